The number of rotatable bonds is 6. The Morgan fingerprint density at radius 1 is 1.20 bits per heavy atom. The van der Waals surface area contributed by atoms with Crippen LogP contribution in [0.4, 0.5) is 0 Å². The van der Waals surface area contributed by atoms with E-state index in [1.165, 1.54) is 21.6 Å². The molecule has 3 heteroatoms. The average molecular weight is 308 g/mol. The first kappa shape index (κ1) is 15.6. The maximum atomic E-state index is 6.04. The van der Waals surface area contributed by atoms with Gasteiger partial charge >= 0.3 is 0 Å². The normalized spacial score (nSPS) is 12.6. The molecule has 1 N–H and O–H groups in total. The molecule has 0 bridgehead atoms. The van der Waals surface area contributed by atoms with E-state index in [0.717, 1.165) is 23.7 Å². The molecule has 108 valence electrons. The lowest BCUT2D eigenvalue weighted by molar-refractivity contribution is 0.530. The molecule has 1 atom stereocenters. The summed E-state index contributed by atoms with van der Waals surface area (Å²) in [5, 5.41) is 3.67. The first-order valence-corrected chi connectivity index (χ1v) is 8.34. The number of halogens is 1. The molecule has 0 fully saturated rings. The number of hydrogen-bond donors (Lipinski definition) is 1. The van der Waals surface area contributed by atoms with Crippen LogP contribution in [0, 0.1) is 13.8 Å². The largest absolute Gasteiger partial charge is 0.310 e. The molecule has 0 aliphatic carbocycles. The van der Waals surface area contributed by atoms with Crippen molar-refractivity contribution in [3.8, 4) is 0 Å². The molecule has 0 aliphatic rings. The molecular weight excluding hydrogens is 286 g/mol. The van der Waals surface area contributed by atoms with E-state index in [4.69, 9.17) is 11.6 Å². The third-order valence-corrected chi connectivity index (χ3v) is 4.73. The summed E-state index contributed by atoms with van der Waals surface area (Å²) in [6, 6.07) is 11.2. The van der Waals surface area contributed by atoms with Crippen molar-refractivity contribution in [2.75, 3.05) is 6.54 Å². The molecule has 1 unspecified atom stereocenters. The minimum Gasteiger partial charge on any atom is -0.310 e. The quantitative estimate of drug-likeness (QED) is 0.763. The maximum Gasteiger partial charge on any atom is 0.0931 e. The molecule has 1 aromatic heterocycles. The van der Waals surface area contributed by atoms with Crippen molar-refractivity contribution < 1.29 is 0 Å². The topological polar surface area (TPSA) is 12.0 Å². The molecule has 2 rings (SSSR count). The Hall–Kier alpha value is -0.830. The monoisotopic (exact) mass is 307 g/mol. The smallest absolute Gasteiger partial charge is 0.0931 e. The van der Waals surface area contributed by atoms with Gasteiger partial charge in [0.25, 0.3) is 0 Å². The van der Waals surface area contributed by atoms with Gasteiger partial charge in [0.05, 0.1) is 4.34 Å². The Bertz CT molecular complexity index is 562. The molecule has 0 aliphatic heterocycles. The minimum absolute atomic E-state index is 0.366. The zero-order valence-electron chi connectivity index (χ0n) is 12.4. The van der Waals surface area contributed by atoms with Crippen LogP contribution < -0.4 is 5.32 Å². The maximum absolute atomic E-state index is 6.04. The first-order valence-electron chi connectivity index (χ1n) is 7.15. The van der Waals surface area contributed by atoms with E-state index in [1.807, 2.05) is 6.07 Å². The highest BCUT2D eigenvalue weighted by Gasteiger charge is 2.15. The first-order chi connectivity index (χ1) is 9.60. The van der Waals surface area contributed by atoms with Gasteiger partial charge in [0.2, 0.25) is 0 Å². The standard InChI is InChI=1S/C17H22ClNS/c1-4-9-19-16(11-14-6-8-17(18)20-14)15-7-5-12(2)10-13(15)3/h5-8,10,16,19H,4,9,11H2,1-3H3. The lowest BCUT2D eigenvalue weighted by atomic mass is 9.96. The fraction of sp³-hybridized carbons (Fsp3) is 0.412. The molecule has 1 aromatic carbocycles. The number of hydrogen-bond acceptors (Lipinski definition) is 2. The van der Waals surface area contributed by atoms with Gasteiger partial charge in [-0.25, -0.2) is 0 Å². The van der Waals surface area contributed by atoms with Gasteiger partial charge in [0.15, 0.2) is 0 Å². The second-order valence-electron chi connectivity index (χ2n) is 5.28. The van der Waals surface area contributed by atoms with E-state index in [-0.39, 0.29) is 0 Å². The molecule has 0 amide bonds. The zero-order chi connectivity index (χ0) is 14.5. The SMILES string of the molecule is CCCNC(Cc1ccc(Cl)s1)c1ccc(C)cc1C. The van der Waals surface area contributed by atoms with E-state index < -0.39 is 0 Å². The summed E-state index contributed by atoms with van der Waals surface area (Å²) in [4.78, 5) is 1.34. The lowest BCUT2D eigenvalue weighted by Gasteiger charge is -2.21. The van der Waals surface area contributed by atoms with E-state index >= 15 is 0 Å². The summed E-state index contributed by atoms with van der Waals surface area (Å²) in [5.41, 5.74) is 4.08. The second-order valence-corrected chi connectivity index (χ2v) is 7.08. The molecule has 0 radical (unpaired) electrons. The van der Waals surface area contributed by atoms with Gasteiger partial charge in [-0.3, -0.25) is 0 Å². The Balaban J connectivity index is 2.22. The van der Waals surface area contributed by atoms with Crippen molar-refractivity contribution in [3.63, 3.8) is 0 Å². The van der Waals surface area contributed by atoms with Crippen LogP contribution in [-0.2, 0) is 6.42 Å². The van der Waals surface area contributed by atoms with Crippen LogP contribution in [0.15, 0.2) is 30.3 Å². The molecule has 20 heavy (non-hydrogen) atoms. The Morgan fingerprint density at radius 2 is 2.00 bits per heavy atom. The third kappa shape index (κ3) is 4.08. The van der Waals surface area contributed by atoms with Crippen molar-refractivity contribution in [3.05, 3.63) is 56.2 Å². The second kappa shape index (κ2) is 7.26. The van der Waals surface area contributed by atoms with Crippen molar-refractivity contribution in [2.45, 2.75) is 39.7 Å². The van der Waals surface area contributed by atoms with Gasteiger partial charge in [0, 0.05) is 17.3 Å². The predicted molar refractivity (Wildman–Crippen MR) is 90.0 cm³/mol. The summed E-state index contributed by atoms with van der Waals surface area (Å²) in [6.07, 6.45) is 2.15. The fourth-order valence-electron chi connectivity index (χ4n) is 2.49. The molecule has 1 nitrogen and oxygen atoms in total. The minimum atomic E-state index is 0.366. The Morgan fingerprint density at radius 3 is 2.60 bits per heavy atom. The van der Waals surface area contributed by atoms with Crippen LogP contribution in [0.5, 0.6) is 0 Å². The van der Waals surface area contributed by atoms with E-state index in [0.29, 0.717) is 6.04 Å². The number of nitrogens with one attached hydrogen (secondary N) is 1. The van der Waals surface area contributed by atoms with Gasteiger partial charge in [0.1, 0.15) is 0 Å². The van der Waals surface area contributed by atoms with E-state index in [1.54, 1.807) is 11.3 Å². The molecule has 2 aromatic rings. The summed E-state index contributed by atoms with van der Waals surface area (Å²) in [5.74, 6) is 0. The number of benzene rings is 1. The number of thiophene rings is 1. The predicted octanol–water partition coefficient (Wildman–Crippen LogP) is 5.30. The van der Waals surface area contributed by atoms with E-state index in [2.05, 4.69) is 50.4 Å². The van der Waals surface area contributed by atoms with Gasteiger partial charge in [-0.05, 0) is 50.1 Å². The number of aryl methyl sites for hydroxylation is 2. The van der Waals surface area contributed by atoms with Gasteiger partial charge in [-0.2, -0.15) is 0 Å². The molecule has 0 saturated carbocycles. The van der Waals surface area contributed by atoms with Crippen LogP contribution in [0.3, 0.4) is 0 Å². The van der Waals surface area contributed by atoms with Gasteiger partial charge < -0.3 is 5.32 Å². The summed E-state index contributed by atoms with van der Waals surface area (Å²) in [6.45, 7) is 7.58. The zero-order valence-corrected chi connectivity index (χ0v) is 13.9. The average Bonchev–Trinajstić information content (AvgIpc) is 2.80. The Labute approximate surface area is 131 Å². The molecule has 1 heterocycles. The highest BCUT2D eigenvalue weighted by molar-refractivity contribution is 7.16. The third-order valence-electron chi connectivity index (χ3n) is 3.48. The van der Waals surface area contributed by atoms with Crippen LogP contribution in [0.25, 0.3) is 0 Å². The van der Waals surface area contributed by atoms with Crippen LogP contribution >= 0.6 is 22.9 Å². The van der Waals surface area contributed by atoms with E-state index in [9.17, 15) is 0 Å². The highest BCUT2D eigenvalue weighted by Crippen LogP contribution is 2.28. The van der Waals surface area contributed by atoms with Crippen LogP contribution in [-0.4, -0.2) is 6.54 Å². The molecular formula is C17H22ClNS. The van der Waals surface area contributed by atoms with Crippen LogP contribution in [0.2, 0.25) is 4.34 Å². The lowest BCUT2D eigenvalue weighted by Crippen LogP contribution is -2.24. The molecule has 0 saturated heterocycles. The van der Waals surface area contributed by atoms with Gasteiger partial charge in [-0.15, -0.1) is 11.3 Å². The fourth-order valence-corrected chi connectivity index (χ4v) is 3.62. The van der Waals surface area contributed by atoms with Crippen molar-refractivity contribution in [1.29, 1.82) is 0 Å². The van der Waals surface area contributed by atoms with Crippen molar-refractivity contribution in [1.82, 2.24) is 5.32 Å². The van der Waals surface area contributed by atoms with Gasteiger partial charge in [-0.1, -0.05) is 42.3 Å². The summed E-state index contributed by atoms with van der Waals surface area (Å²) >= 11 is 7.72. The van der Waals surface area contributed by atoms with Crippen molar-refractivity contribution >= 4 is 22.9 Å². The Kier molecular flexibility index (Phi) is 5.64. The summed E-state index contributed by atoms with van der Waals surface area (Å²) < 4.78 is 0.870. The van der Waals surface area contributed by atoms with Crippen molar-refractivity contribution in [2.24, 2.45) is 0 Å². The van der Waals surface area contributed by atoms with Crippen LogP contribution in [0.1, 0.15) is 41.0 Å². The molecule has 0 spiro atoms. The highest BCUT2D eigenvalue weighted by atomic mass is 35.5. The summed E-state index contributed by atoms with van der Waals surface area (Å²) in [7, 11) is 0.